The summed E-state index contributed by atoms with van der Waals surface area (Å²) in [6.45, 7) is 27.6. The summed E-state index contributed by atoms with van der Waals surface area (Å²) >= 11 is 0. The molecule has 7 atom stereocenters. The maximum Gasteiger partial charge on any atom is 0.334 e. The van der Waals surface area contributed by atoms with E-state index >= 15 is 0 Å². The molecule has 4 rings (SSSR count). The van der Waals surface area contributed by atoms with E-state index < -0.39 is 28.2 Å². The number of ether oxygens (including phenoxy) is 2. The van der Waals surface area contributed by atoms with Crippen LogP contribution in [-0.4, -0.2) is 54.0 Å². The first-order valence-electron chi connectivity index (χ1n) is 15.1. The summed E-state index contributed by atoms with van der Waals surface area (Å²) in [6.07, 6.45) is 5.35. The highest BCUT2D eigenvalue weighted by Crippen LogP contribution is 2.74. The van der Waals surface area contributed by atoms with Crippen molar-refractivity contribution in [3.63, 3.8) is 0 Å². The number of methoxy groups -OCH3 is 1. The largest absolute Gasteiger partial charge is 0.469 e. The Labute approximate surface area is 239 Å². The standard InChI is InChI=1S/C31H54O6Si2/c1-20-24-25(27(33)34-8)30-18-21(22(19-30)37-39(11,12)29(5,6)7)14-15-23(30)31(24,36-26(20)32)16-13-17-35-38(9,10)28(2,3)4/h21-25H,1,13-19H2,2-12H3/t21-,22+,23-,24+,25-,30-,31-/m1/s1. The second-order valence-corrected chi connectivity index (χ2v) is 25.6. The van der Waals surface area contributed by atoms with E-state index in [0.717, 1.165) is 32.1 Å². The van der Waals surface area contributed by atoms with Crippen LogP contribution in [0.15, 0.2) is 12.2 Å². The Hall–Kier alpha value is -0.966. The van der Waals surface area contributed by atoms with E-state index in [2.05, 4.69) is 74.3 Å². The first-order valence-corrected chi connectivity index (χ1v) is 20.9. The number of fused-ring (bicyclic) bond motifs is 3. The quantitative estimate of drug-likeness (QED) is 0.131. The first kappa shape index (κ1) is 31.0. The molecular weight excluding hydrogens is 525 g/mol. The summed E-state index contributed by atoms with van der Waals surface area (Å²) < 4.78 is 25.4. The lowest BCUT2D eigenvalue weighted by Crippen LogP contribution is -2.45. The van der Waals surface area contributed by atoms with Gasteiger partial charge in [0.25, 0.3) is 0 Å². The molecular formula is C31H54O6Si2. The summed E-state index contributed by atoms with van der Waals surface area (Å²) in [6, 6.07) is 0. The van der Waals surface area contributed by atoms with Gasteiger partial charge in [-0.25, -0.2) is 4.79 Å². The van der Waals surface area contributed by atoms with Crippen LogP contribution < -0.4 is 0 Å². The molecule has 0 amide bonds. The molecule has 0 unspecified atom stereocenters. The zero-order chi connectivity index (χ0) is 29.4. The molecule has 1 heterocycles. The minimum atomic E-state index is -2.00. The number of hydrogen-bond acceptors (Lipinski definition) is 6. The second-order valence-electron chi connectivity index (χ2n) is 16.0. The van der Waals surface area contributed by atoms with Gasteiger partial charge in [-0.3, -0.25) is 4.79 Å². The fraction of sp³-hybridized carbons (Fsp3) is 0.871. The van der Waals surface area contributed by atoms with Gasteiger partial charge in [0.05, 0.1) is 13.0 Å². The number of rotatable bonds is 8. The third-order valence-electron chi connectivity index (χ3n) is 11.9. The molecule has 222 valence electrons. The fourth-order valence-corrected chi connectivity index (χ4v) is 10.5. The molecule has 39 heavy (non-hydrogen) atoms. The predicted octanol–water partition coefficient (Wildman–Crippen LogP) is 7.26. The van der Waals surface area contributed by atoms with Gasteiger partial charge in [-0.15, -0.1) is 0 Å². The molecule has 8 heteroatoms. The van der Waals surface area contributed by atoms with Crippen LogP contribution in [0.5, 0.6) is 0 Å². The van der Waals surface area contributed by atoms with Crippen molar-refractivity contribution in [1.29, 1.82) is 0 Å². The van der Waals surface area contributed by atoms with Gasteiger partial charge in [0.2, 0.25) is 0 Å². The van der Waals surface area contributed by atoms with Crippen molar-refractivity contribution in [2.75, 3.05) is 13.7 Å². The molecule has 0 aromatic heterocycles. The van der Waals surface area contributed by atoms with Gasteiger partial charge in [0.1, 0.15) is 5.60 Å². The molecule has 3 aliphatic carbocycles. The Bertz CT molecular complexity index is 1010. The highest BCUT2D eigenvalue weighted by Gasteiger charge is 2.77. The molecule has 1 spiro atoms. The highest BCUT2D eigenvalue weighted by molar-refractivity contribution is 6.74. The van der Waals surface area contributed by atoms with Gasteiger partial charge in [-0.1, -0.05) is 48.1 Å². The van der Waals surface area contributed by atoms with Gasteiger partial charge in [-0.2, -0.15) is 0 Å². The van der Waals surface area contributed by atoms with E-state index in [-0.39, 0.29) is 45.4 Å². The molecule has 3 saturated carbocycles. The average Bonchev–Trinajstić information content (AvgIpc) is 3.31. The molecule has 4 fully saturated rings. The molecule has 0 radical (unpaired) electrons. The van der Waals surface area contributed by atoms with Crippen LogP contribution in [0.1, 0.15) is 80.1 Å². The lowest BCUT2D eigenvalue weighted by atomic mass is 9.63. The van der Waals surface area contributed by atoms with Gasteiger partial charge in [0.15, 0.2) is 16.6 Å². The van der Waals surface area contributed by atoms with Crippen molar-refractivity contribution in [1.82, 2.24) is 0 Å². The number of esters is 2. The van der Waals surface area contributed by atoms with Gasteiger partial charge in [0, 0.05) is 30.1 Å². The van der Waals surface area contributed by atoms with E-state index in [4.69, 9.17) is 18.3 Å². The van der Waals surface area contributed by atoms with Crippen LogP contribution >= 0.6 is 0 Å². The maximum atomic E-state index is 13.6. The van der Waals surface area contributed by atoms with Crippen molar-refractivity contribution in [3.8, 4) is 0 Å². The first-order chi connectivity index (χ1) is 17.7. The molecule has 2 bridgehead atoms. The zero-order valence-corrected chi connectivity index (χ0v) is 28.5. The summed E-state index contributed by atoms with van der Waals surface area (Å²) in [7, 11) is -2.42. The summed E-state index contributed by atoms with van der Waals surface area (Å²) in [5, 5.41) is 0.251. The second kappa shape index (κ2) is 9.80. The molecule has 0 N–H and O–H groups in total. The van der Waals surface area contributed by atoms with Crippen LogP contribution in [0.3, 0.4) is 0 Å². The normalized spacial score (nSPS) is 36.5. The lowest BCUT2D eigenvalue weighted by molar-refractivity contribution is -0.157. The van der Waals surface area contributed by atoms with Crippen molar-refractivity contribution in [2.45, 2.75) is 128 Å². The summed E-state index contributed by atoms with van der Waals surface area (Å²) in [5.74, 6) is -0.825. The maximum absolute atomic E-state index is 13.6. The molecule has 4 aliphatic rings. The van der Waals surface area contributed by atoms with Crippen molar-refractivity contribution in [3.05, 3.63) is 12.2 Å². The van der Waals surface area contributed by atoms with Crippen LogP contribution in [0, 0.1) is 29.1 Å². The Kier molecular flexibility index (Phi) is 7.79. The molecule has 1 saturated heterocycles. The summed E-state index contributed by atoms with van der Waals surface area (Å²) in [5.41, 5.74) is -0.567. The third kappa shape index (κ3) is 4.83. The van der Waals surface area contributed by atoms with Crippen LogP contribution in [-0.2, 0) is 27.9 Å². The van der Waals surface area contributed by atoms with Gasteiger partial charge < -0.3 is 18.3 Å². The summed E-state index contributed by atoms with van der Waals surface area (Å²) in [4.78, 5) is 26.7. The molecule has 0 aromatic carbocycles. The zero-order valence-electron chi connectivity index (χ0n) is 26.5. The van der Waals surface area contributed by atoms with Crippen molar-refractivity contribution < 1.29 is 27.9 Å². The minimum Gasteiger partial charge on any atom is -0.469 e. The highest BCUT2D eigenvalue weighted by atomic mass is 28.4. The Balaban J connectivity index is 1.66. The molecule has 0 aromatic rings. The van der Waals surface area contributed by atoms with E-state index in [0.29, 0.717) is 24.5 Å². The average molecular weight is 579 g/mol. The topological polar surface area (TPSA) is 71.1 Å². The molecule has 6 nitrogen and oxygen atoms in total. The van der Waals surface area contributed by atoms with Crippen molar-refractivity contribution in [2.24, 2.45) is 29.1 Å². The lowest BCUT2D eigenvalue weighted by Gasteiger charge is -2.43. The van der Waals surface area contributed by atoms with Crippen LogP contribution in [0.2, 0.25) is 36.3 Å². The van der Waals surface area contributed by atoms with E-state index in [1.54, 1.807) is 0 Å². The third-order valence-corrected chi connectivity index (χ3v) is 21.0. The Morgan fingerprint density at radius 1 is 1.03 bits per heavy atom. The van der Waals surface area contributed by atoms with E-state index in [9.17, 15) is 9.59 Å². The predicted molar refractivity (Wildman–Crippen MR) is 159 cm³/mol. The van der Waals surface area contributed by atoms with Gasteiger partial charge in [-0.05, 0) is 86.1 Å². The minimum absolute atomic E-state index is 0.0967. The molecule has 1 aliphatic heterocycles. The number of hydrogen-bond donors (Lipinski definition) is 0. The number of carbonyl (C=O) groups excluding carboxylic acids is 2. The Morgan fingerprint density at radius 2 is 1.64 bits per heavy atom. The van der Waals surface area contributed by atoms with E-state index in [1.807, 2.05) is 0 Å². The SMILES string of the molecule is C=C1C(=O)O[C@]2(CCCO[Si](C)(C)C(C)(C)C)[C@@H]3CC[C@@H]4C[C@]3(C[C@@H]4O[Si](C)(C)C(C)(C)C)[C@@H](C(=O)OC)[C@H]12. The van der Waals surface area contributed by atoms with Crippen LogP contribution in [0.25, 0.3) is 0 Å². The fourth-order valence-electron chi connectivity index (χ4n) is 7.98. The van der Waals surface area contributed by atoms with Gasteiger partial charge >= 0.3 is 11.9 Å². The van der Waals surface area contributed by atoms with Crippen LogP contribution in [0.4, 0.5) is 0 Å². The van der Waals surface area contributed by atoms with E-state index in [1.165, 1.54) is 7.11 Å². The smallest absolute Gasteiger partial charge is 0.334 e. The Morgan fingerprint density at radius 3 is 2.21 bits per heavy atom. The number of carbonyl (C=O) groups is 2. The van der Waals surface area contributed by atoms with Crippen molar-refractivity contribution >= 4 is 28.6 Å². The monoisotopic (exact) mass is 578 g/mol.